The summed E-state index contributed by atoms with van der Waals surface area (Å²) >= 11 is 1.69. The van der Waals surface area contributed by atoms with E-state index in [1.165, 1.54) is 15.6 Å². The average Bonchev–Trinajstić information content (AvgIpc) is 2.66. The largest absolute Gasteiger partial charge is 0.471 e. The van der Waals surface area contributed by atoms with E-state index >= 15 is 0 Å². The standard InChI is InChI=1S/C11H12N2O2S/c1-8-3-4-9(16-8)7-15-10-5-6-11(14)13(2)12-10/h3-6H,7H2,1-2H3. The summed E-state index contributed by atoms with van der Waals surface area (Å²) in [4.78, 5) is 13.5. The molecule has 16 heavy (non-hydrogen) atoms. The third-order valence-corrected chi connectivity index (χ3v) is 3.07. The Morgan fingerprint density at radius 2 is 2.19 bits per heavy atom. The Bertz CT molecular complexity index is 545. The molecule has 0 spiro atoms. The molecule has 0 aliphatic rings. The van der Waals surface area contributed by atoms with Gasteiger partial charge in [0.1, 0.15) is 6.61 Å². The Kier molecular flexibility index (Phi) is 3.05. The van der Waals surface area contributed by atoms with Crippen LogP contribution in [0.15, 0.2) is 29.1 Å². The van der Waals surface area contributed by atoms with Crippen molar-refractivity contribution in [2.24, 2.45) is 7.05 Å². The van der Waals surface area contributed by atoms with Crippen molar-refractivity contribution in [3.05, 3.63) is 44.4 Å². The fourth-order valence-electron chi connectivity index (χ4n) is 1.27. The van der Waals surface area contributed by atoms with Crippen LogP contribution in [0.1, 0.15) is 9.75 Å². The zero-order valence-electron chi connectivity index (χ0n) is 9.14. The first kappa shape index (κ1) is 10.9. The molecule has 2 rings (SSSR count). The van der Waals surface area contributed by atoms with Crippen LogP contribution in [0.3, 0.4) is 0 Å². The van der Waals surface area contributed by atoms with Gasteiger partial charge in [-0.2, -0.15) is 0 Å². The van der Waals surface area contributed by atoms with E-state index < -0.39 is 0 Å². The zero-order valence-corrected chi connectivity index (χ0v) is 9.95. The van der Waals surface area contributed by atoms with Gasteiger partial charge in [-0.3, -0.25) is 4.79 Å². The highest BCUT2D eigenvalue weighted by molar-refractivity contribution is 7.11. The Morgan fingerprint density at radius 3 is 2.81 bits per heavy atom. The molecule has 0 unspecified atom stereocenters. The molecule has 5 heteroatoms. The van der Waals surface area contributed by atoms with Gasteiger partial charge in [-0.05, 0) is 19.1 Å². The van der Waals surface area contributed by atoms with Crippen LogP contribution < -0.4 is 10.3 Å². The van der Waals surface area contributed by atoms with Crippen LogP contribution >= 0.6 is 11.3 Å². The molecule has 0 radical (unpaired) electrons. The molecule has 2 aromatic rings. The van der Waals surface area contributed by atoms with Crippen molar-refractivity contribution in [1.82, 2.24) is 9.78 Å². The van der Waals surface area contributed by atoms with Crippen molar-refractivity contribution < 1.29 is 4.74 Å². The Labute approximate surface area is 97.1 Å². The minimum absolute atomic E-state index is 0.140. The van der Waals surface area contributed by atoms with E-state index in [0.29, 0.717) is 12.5 Å². The molecule has 0 aromatic carbocycles. The fraction of sp³-hybridized carbons (Fsp3) is 0.273. The predicted octanol–water partition coefficient (Wildman–Crippen LogP) is 1.73. The van der Waals surface area contributed by atoms with Crippen molar-refractivity contribution in [3.63, 3.8) is 0 Å². The SMILES string of the molecule is Cc1ccc(COc2ccc(=O)n(C)n2)s1. The molecule has 0 bridgehead atoms. The molecular weight excluding hydrogens is 224 g/mol. The van der Waals surface area contributed by atoms with Crippen molar-refractivity contribution in [2.75, 3.05) is 0 Å². The van der Waals surface area contributed by atoms with E-state index in [2.05, 4.69) is 18.1 Å². The predicted molar refractivity (Wildman–Crippen MR) is 62.9 cm³/mol. The summed E-state index contributed by atoms with van der Waals surface area (Å²) in [5, 5.41) is 3.98. The number of nitrogens with zero attached hydrogens (tertiary/aromatic N) is 2. The highest BCUT2D eigenvalue weighted by Crippen LogP contribution is 2.16. The van der Waals surface area contributed by atoms with E-state index in [9.17, 15) is 4.79 Å². The van der Waals surface area contributed by atoms with Crippen molar-refractivity contribution in [2.45, 2.75) is 13.5 Å². The molecule has 0 fully saturated rings. The van der Waals surface area contributed by atoms with Gasteiger partial charge in [0.25, 0.3) is 5.56 Å². The van der Waals surface area contributed by atoms with Gasteiger partial charge in [0.2, 0.25) is 5.88 Å². The van der Waals surface area contributed by atoms with Crippen LogP contribution in [0, 0.1) is 6.92 Å². The normalized spacial score (nSPS) is 10.4. The molecule has 0 saturated carbocycles. The number of thiophene rings is 1. The van der Waals surface area contributed by atoms with Crippen LogP contribution in [-0.2, 0) is 13.7 Å². The minimum Gasteiger partial charge on any atom is -0.471 e. The van der Waals surface area contributed by atoms with Crippen LogP contribution in [0.5, 0.6) is 5.88 Å². The molecule has 2 heterocycles. The quantitative estimate of drug-likeness (QED) is 0.815. The molecule has 0 N–H and O–H groups in total. The number of hydrogen-bond donors (Lipinski definition) is 0. The first-order valence-corrected chi connectivity index (χ1v) is 5.69. The number of hydrogen-bond acceptors (Lipinski definition) is 4. The molecule has 84 valence electrons. The van der Waals surface area contributed by atoms with Gasteiger partial charge < -0.3 is 4.74 Å². The van der Waals surface area contributed by atoms with Gasteiger partial charge in [-0.1, -0.05) is 0 Å². The molecule has 0 saturated heterocycles. The summed E-state index contributed by atoms with van der Waals surface area (Å²) in [6.07, 6.45) is 0. The Hall–Kier alpha value is -1.62. The first-order valence-electron chi connectivity index (χ1n) is 4.87. The summed E-state index contributed by atoms with van der Waals surface area (Å²) in [6.45, 7) is 2.54. The van der Waals surface area contributed by atoms with E-state index in [1.54, 1.807) is 24.5 Å². The lowest BCUT2D eigenvalue weighted by Gasteiger charge is -2.03. The van der Waals surface area contributed by atoms with Crippen molar-refractivity contribution in [1.29, 1.82) is 0 Å². The second kappa shape index (κ2) is 4.49. The van der Waals surface area contributed by atoms with E-state index in [-0.39, 0.29) is 5.56 Å². The molecule has 0 amide bonds. The number of ether oxygens (including phenoxy) is 1. The molecule has 0 atom stereocenters. The number of rotatable bonds is 3. The molecule has 0 aliphatic heterocycles. The van der Waals surface area contributed by atoms with Gasteiger partial charge >= 0.3 is 0 Å². The number of aromatic nitrogens is 2. The van der Waals surface area contributed by atoms with Crippen LogP contribution in [0.25, 0.3) is 0 Å². The third-order valence-electron chi connectivity index (χ3n) is 2.09. The lowest BCUT2D eigenvalue weighted by molar-refractivity contribution is 0.288. The summed E-state index contributed by atoms with van der Waals surface area (Å²) in [5.74, 6) is 0.466. The highest BCUT2D eigenvalue weighted by Gasteiger charge is 2.00. The van der Waals surface area contributed by atoms with E-state index in [4.69, 9.17) is 4.74 Å². The molecule has 4 nitrogen and oxygen atoms in total. The van der Waals surface area contributed by atoms with Gasteiger partial charge in [0.15, 0.2) is 0 Å². The maximum Gasteiger partial charge on any atom is 0.266 e. The van der Waals surface area contributed by atoms with Crippen LogP contribution in [0.4, 0.5) is 0 Å². The zero-order chi connectivity index (χ0) is 11.5. The highest BCUT2D eigenvalue weighted by atomic mass is 32.1. The summed E-state index contributed by atoms with van der Waals surface area (Å²) in [7, 11) is 1.60. The second-order valence-electron chi connectivity index (χ2n) is 3.43. The van der Waals surface area contributed by atoms with Gasteiger partial charge in [0, 0.05) is 28.9 Å². The summed E-state index contributed by atoms with van der Waals surface area (Å²) in [6, 6.07) is 7.12. The van der Waals surface area contributed by atoms with E-state index in [1.807, 2.05) is 6.07 Å². The van der Waals surface area contributed by atoms with Crippen LogP contribution in [0.2, 0.25) is 0 Å². The maximum absolute atomic E-state index is 11.1. The summed E-state index contributed by atoms with van der Waals surface area (Å²) in [5.41, 5.74) is -0.140. The minimum atomic E-state index is -0.140. The maximum atomic E-state index is 11.1. The number of aryl methyl sites for hydroxylation is 2. The fourth-order valence-corrected chi connectivity index (χ4v) is 2.07. The summed E-state index contributed by atoms with van der Waals surface area (Å²) < 4.78 is 6.74. The van der Waals surface area contributed by atoms with Gasteiger partial charge in [-0.15, -0.1) is 16.4 Å². The average molecular weight is 236 g/mol. The van der Waals surface area contributed by atoms with Gasteiger partial charge in [0.05, 0.1) is 0 Å². The van der Waals surface area contributed by atoms with E-state index in [0.717, 1.165) is 4.88 Å². The van der Waals surface area contributed by atoms with Gasteiger partial charge in [-0.25, -0.2) is 4.68 Å². The molecule has 0 aliphatic carbocycles. The Morgan fingerprint density at radius 1 is 1.38 bits per heavy atom. The first-order chi connectivity index (χ1) is 7.65. The lowest BCUT2D eigenvalue weighted by Crippen LogP contribution is -2.18. The third kappa shape index (κ3) is 2.49. The van der Waals surface area contributed by atoms with Crippen LogP contribution in [-0.4, -0.2) is 9.78 Å². The smallest absolute Gasteiger partial charge is 0.266 e. The second-order valence-corrected chi connectivity index (χ2v) is 4.81. The Balaban J connectivity index is 2.05. The van der Waals surface area contributed by atoms with Crippen molar-refractivity contribution in [3.8, 4) is 5.88 Å². The molecular formula is C11H12N2O2S. The molecule has 2 aromatic heterocycles. The lowest BCUT2D eigenvalue weighted by atomic mass is 10.4. The van der Waals surface area contributed by atoms with Crippen molar-refractivity contribution >= 4 is 11.3 Å². The monoisotopic (exact) mass is 236 g/mol. The topological polar surface area (TPSA) is 44.1 Å².